The van der Waals surface area contributed by atoms with Crippen molar-refractivity contribution in [3.63, 3.8) is 0 Å². The zero-order chi connectivity index (χ0) is 15.2. The zero-order valence-electron chi connectivity index (χ0n) is 12.8. The summed E-state index contributed by atoms with van der Waals surface area (Å²) >= 11 is 0. The van der Waals surface area contributed by atoms with Crippen molar-refractivity contribution in [2.45, 2.75) is 52.9 Å². The normalized spacial score (nSPS) is 17.4. The largest absolute Gasteiger partial charge is 0.481 e. The van der Waals surface area contributed by atoms with Crippen molar-refractivity contribution >= 4 is 11.9 Å². The van der Waals surface area contributed by atoms with Crippen LogP contribution in [0.2, 0.25) is 0 Å². The average Bonchev–Trinajstić information content (AvgIpc) is 2.32. The molecule has 1 aliphatic carbocycles. The summed E-state index contributed by atoms with van der Waals surface area (Å²) in [5, 5.41) is 11.9. The molecule has 0 unspecified atom stereocenters. The Labute approximate surface area is 121 Å². The maximum Gasteiger partial charge on any atom is 0.309 e. The Hall–Kier alpha value is -1.10. The topological polar surface area (TPSA) is 75.6 Å². The highest BCUT2D eigenvalue weighted by Gasteiger charge is 2.43. The molecule has 0 bridgehead atoms. The van der Waals surface area contributed by atoms with Gasteiger partial charge in [0.25, 0.3) is 0 Å². The Balaban J connectivity index is 2.39. The van der Waals surface area contributed by atoms with Crippen molar-refractivity contribution < 1.29 is 19.4 Å². The van der Waals surface area contributed by atoms with Crippen LogP contribution in [0.4, 0.5) is 0 Å². The Morgan fingerprint density at radius 2 is 2.00 bits per heavy atom. The van der Waals surface area contributed by atoms with Gasteiger partial charge in [-0.3, -0.25) is 9.59 Å². The summed E-state index contributed by atoms with van der Waals surface area (Å²) in [7, 11) is 0. The van der Waals surface area contributed by atoms with Crippen molar-refractivity contribution in [2.24, 2.45) is 10.8 Å². The predicted octanol–water partition coefficient (Wildman–Crippen LogP) is 2.20. The number of carbonyl (C=O) groups is 2. The van der Waals surface area contributed by atoms with Gasteiger partial charge >= 0.3 is 5.97 Å². The summed E-state index contributed by atoms with van der Waals surface area (Å²) in [6.45, 7) is 7.00. The zero-order valence-corrected chi connectivity index (χ0v) is 12.8. The van der Waals surface area contributed by atoms with Crippen molar-refractivity contribution in [3.8, 4) is 0 Å². The third kappa shape index (κ3) is 4.20. The highest BCUT2D eigenvalue weighted by Crippen LogP contribution is 2.44. The molecule has 0 radical (unpaired) electrons. The molecular formula is C15H27NO4. The van der Waals surface area contributed by atoms with E-state index in [2.05, 4.69) is 5.32 Å². The second-order valence-corrected chi connectivity index (χ2v) is 6.28. The minimum Gasteiger partial charge on any atom is -0.481 e. The quantitative estimate of drug-likeness (QED) is 0.637. The Kier molecular flexibility index (Phi) is 5.99. The van der Waals surface area contributed by atoms with Crippen LogP contribution in [0.5, 0.6) is 0 Å². The number of hydrogen-bond donors (Lipinski definition) is 2. The van der Waals surface area contributed by atoms with Crippen LogP contribution in [-0.2, 0) is 14.3 Å². The van der Waals surface area contributed by atoms with Crippen LogP contribution in [0.15, 0.2) is 0 Å². The molecule has 0 aromatic heterocycles. The van der Waals surface area contributed by atoms with Crippen LogP contribution in [0.1, 0.15) is 52.9 Å². The molecule has 2 N–H and O–H groups in total. The summed E-state index contributed by atoms with van der Waals surface area (Å²) in [6.07, 6.45) is 4.10. The number of hydrogen-bond acceptors (Lipinski definition) is 3. The maximum absolute atomic E-state index is 12.3. The van der Waals surface area contributed by atoms with E-state index in [-0.39, 0.29) is 11.3 Å². The van der Waals surface area contributed by atoms with Crippen LogP contribution in [0.25, 0.3) is 0 Å². The number of amides is 1. The van der Waals surface area contributed by atoms with E-state index in [9.17, 15) is 9.59 Å². The molecule has 0 saturated heterocycles. The van der Waals surface area contributed by atoms with Crippen LogP contribution >= 0.6 is 0 Å². The highest BCUT2D eigenvalue weighted by molar-refractivity contribution is 5.83. The minimum atomic E-state index is -0.832. The number of carbonyl (C=O) groups excluding carboxylic acids is 1. The van der Waals surface area contributed by atoms with Crippen molar-refractivity contribution in [1.29, 1.82) is 0 Å². The summed E-state index contributed by atoms with van der Waals surface area (Å²) in [4.78, 5) is 23.3. The summed E-state index contributed by atoms with van der Waals surface area (Å²) < 4.78 is 5.35. The molecule has 1 fully saturated rings. The second kappa shape index (κ2) is 7.07. The molecule has 0 aromatic rings. The van der Waals surface area contributed by atoms with Gasteiger partial charge in [-0.25, -0.2) is 0 Å². The van der Waals surface area contributed by atoms with Gasteiger partial charge in [0.2, 0.25) is 5.91 Å². The summed E-state index contributed by atoms with van der Waals surface area (Å²) in [5.41, 5.74) is -1.08. The van der Waals surface area contributed by atoms with Crippen LogP contribution in [0.3, 0.4) is 0 Å². The van der Waals surface area contributed by atoms with Gasteiger partial charge in [-0.15, -0.1) is 0 Å². The van der Waals surface area contributed by atoms with E-state index >= 15 is 0 Å². The molecular weight excluding hydrogens is 258 g/mol. The lowest BCUT2D eigenvalue weighted by Gasteiger charge is -2.40. The van der Waals surface area contributed by atoms with E-state index in [4.69, 9.17) is 9.84 Å². The number of aliphatic carboxylic acids is 1. The van der Waals surface area contributed by atoms with Gasteiger partial charge in [-0.05, 0) is 46.5 Å². The van der Waals surface area contributed by atoms with Crippen molar-refractivity contribution in [2.75, 3.05) is 19.8 Å². The molecule has 1 aliphatic rings. The number of carboxylic acid groups (broad SMARTS) is 1. The molecule has 0 atom stereocenters. The first-order chi connectivity index (χ1) is 9.34. The molecule has 1 amide bonds. The third-order valence-corrected chi connectivity index (χ3v) is 4.34. The van der Waals surface area contributed by atoms with Crippen LogP contribution < -0.4 is 5.32 Å². The highest BCUT2D eigenvalue weighted by atomic mass is 16.5. The Bertz CT molecular complexity index is 348. The first-order valence-electron chi connectivity index (χ1n) is 7.43. The summed E-state index contributed by atoms with van der Waals surface area (Å²) in [5.74, 6) is -0.772. The van der Waals surface area contributed by atoms with Gasteiger partial charge in [0.05, 0.1) is 10.8 Å². The predicted molar refractivity (Wildman–Crippen MR) is 76.4 cm³/mol. The fraction of sp³-hybridized carbons (Fsp3) is 0.867. The molecule has 0 aromatic carbocycles. The van der Waals surface area contributed by atoms with E-state index in [1.807, 2.05) is 6.92 Å². The van der Waals surface area contributed by atoms with Gasteiger partial charge in [0, 0.05) is 19.8 Å². The molecule has 0 spiro atoms. The van der Waals surface area contributed by atoms with E-state index in [0.717, 1.165) is 25.7 Å². The molecule has 1 rings (SSSR count). The van der Waals surface area contributed by atoms with Crippen LogP contribution in [0, 0.1) is 10.8 Å². The van der Waals surface area contributed by atoms with Gasteiger partial charge in [0.1, 0.15) is 0 Å². The SMILES string of the molecule is CCOCCC1(C(=O)NCCC(C)(C)C(=O)O)CCC1. The fourth-order valence-corrected chi connectivity index (χ4v) is 2.39. The molecule has 20 heavy (non-hydrogen) atoms. The molecule has 1 saturated carbocycles. The fourth-order valence-electron chi connectivity index (χ4n) is 2.39. The van der Waals surface area contributed by atoms with Gasteiger partial charge in [-0.2, -0.15) is 0 Å². The van der Waals surface area contributed by atoms with Gasteiger partial charge < -0.3 is 15.2 Å². The van der Waals surface area contributed by atoms with Crippen molar-refractivity contribution in [3.05, 3.63) is 0 Å². The van der Waals surface area contributed by atoms with Gasteiger partial charge in [-0.1, -0.05) is 6.42 Å². The number of nitrogens with one attached hydrogen (secondary N) is 1. The van der Waals surface area contributed by atoms with Gasteiger partial charge in [0.15, 0.2) is 0 Å². The van der Waals surface area contributed by atoms with Crippen molar-refractivity contribution in [1.82, 2.24) is 5.32 Å². The maximum atomic E-state index is 12.3. The molecule has 0 aliphatic heterocycles. The first kappa shape index (κ1) is 17.0. The Morgan fingerprint density at radius 1 is 1.35 bits per heavy atom. The lowest BCUT2D eigenvalue weighted by Crippen LogP contribution is -2.47. The molecule has 116 valence electrons. The second-order valence-electron chi connectivity index (χ2n) is 6.28. The Morgan fingerprint density at radius 3 is 2.45 bits per heavy atom. The summed E-state index contributed by atoms with van der Waals surface area (Å²) in [6, 6.07) is 0. The standard InChI is InChI=1S/C15H27NO4/c1-4-20-11-9-15(6-5-7-15)12(17)16-10-8-14(2,3)13(18)19/h4-11H2,1-3H3,(H,16,17)(H,18,19). The smallest absolute Gasteiger partial charge is 0.309 e. The first-order valence-corrected chi connectivity index (χ1v) is 7.43. The van der Waals surface area contributed by atoms with E-state index < -0.39 is 11.4 Å². The molecule has 5 heteroatoms. The molecule has 0 heterocycles. The lowest BCUT2D eigenvalue weighted by molar-refractivity contribution is -0.147. The minimum absolute atomic E-state index is 0.0599. The molecule has 5 nitrogen and oxygen atoms in total. The van der Waals surface area contributed by atoms with E-state index in [0.29, 0.717) is 26.2 Å². The van der Waals surface area contributed by atoms with E-state index in [1.54, 1.807) is 13.8 Å². The monoisotopic (exact) mass is 285 g/mol. The number of carboxylic acids is 1. The number of ether oxygens (including phenoxy) is 1. The number of rotatable bonds is 9. The van der Waals surface area contributed by atoms with E-state index in [1.165, 1.54) is 0 Å². The van der Waals surface area contributed by atoms with Crippen LogP contribution in [-0.4, -0.2) is 36.7 Å². The lowest BCUT2D eigenvalue weighted by atomic mass is 9.66. The third-order valence-electron chi connectivity index (χ3n) is 4.34. The average molecular weight is 285 g/mol.